The van der Waals surface area contributed by atoms with E-state index in [0.717, 1.165) is 6.26 Å². The summed E-state index contributed by atoms with van der Waals surface area (Å²) in [5.74, 6) is -1.48. The minimum Gasteiger partial charge on any atom is -0.379 e. The van der Waals surface area contributed by atoms with Gasteiger partial charge in [0.25, 0.3) is 0 Å². The largest absolute Gasteiger partial charge is 0.379 e. The van der Waals surface area contributed by atoms with Crippen LogP contribution in [0, 0.1) is 0 Å². The van der Waals surface area contributed by atoms with E-state index in [1.165, 1.54) is 0 Å². The highest BCUT2D eigenvalue weighted by molar-refractivity contribution is 7.88. The molecule has 0 bridgehead atoms. The Hall–Kier alpha value is -0.330. The van der Waals surface area contributed by atoms with Gasteiger partial charge in [0.05, 0.1) is 12.9 Å². The molecule has 5 atom stereocenters. The summed E-state index contributed by atoms with van der Waals surface area (Å²) < 4.78 is 60.0. The zero-order valence-electron chi connectivity index (χ0n) is 15.9. The van der Waals surface area contributed by atoms with Crippen molar-refractivity contribution in [2.45, 2.75) is 76.4 Å². The van der Waals surface area contributed by atoms with Crippen LogP contribution in [0.1, 0.15) is 34.1 Å². The lowest BCUT2D eigenvalue weighted by molar-refractivity contribution is -0.243. The molecule has 3 aliphatic heterocycles. The van der Waals surface area contributed by atoms with Gasteiger partial charge < -0.3 is 28.4 Å². The molecule has 0 aromatic rings. The van der Waals surface area contributed by atoms with Crippen LogP contribution in [-0.2, 0) is 38.4 Å². The van der Waals surface area contributed by atoms with Gasteiger partial charge in [-0.15, -0.1) is 0 Å². The predicted molar refractivity (Wildman–Crippen MR) is 90.8 cm³/mol. The Labute approximate surface area is 154 Å². The molecule has 152 valence electrons. The van der Waals surface area contributed by atoms with Gasteiger partial charge in [0, 0.05) is 13.2 Å². The molecule has 3 saturated heterocycles. The summed E-state index contributed by atoms with van der Waals surface area (Å²) in [5.41, 5.74) is 0. The average Bonchev–Trinajstić information content (AvgIpc) is 2.95. The molecule has 0 saturated carbocycles. The zero-order valence-corrected chi connectivity index (χ0v) is 16.7. The third-order valence-electron chi connectivity index (χ3n) is 4.36. The highest BCUT2D eigenvalue weighted by Gasteiger charge is 2.60. The fraction of sp³-hybridized carbons (Fsp3) is 1.00. The number of sulfonamides is 1. The van der Waals surface area contributed by atoms with Crippen LogP contribution >= 0.6 is 0 Å². The van der Waals surface area contributed by atoms with Crippen LogP contribution in [-0.4, -0.2) is 76.7 Å². The number of ether oxygens (including phenoxy) is 6. The van der Waals surface area contributed by atoms with Crippen LogP contribution in [0.4, 0.5) is 0 Å². The first-order chi connectivity index (χ1) is 12.0. The quantitative estimate of drug-likeness (QED) is 0.616. The highest BCUT2D eigenvalue weighted by Crippen LogP contribution is 2.44. The van der Waals surface area contributed by atoms with Gasteiger partial charge in [-0.3, -0.25) is 0 Å². The highest BCUT2D eigenvalue weighted by atomic mass is 32.2. The lowest BCUT2D eigenvalue weighted by Crippen LogP contribution is -2.56. The van der Waals surface area contributed by atoms with Crippen LogP contribution in [0.25, 0.3) is 0 Å². The molecule has 10 heteroatoms. The van der Waals surface area contributed by atoms with Crippen molar-refractivity contribution in [2.24, 2.45) is 0 Å². The van der Waals surface area contributed by atoms with Crippen LogP contribution in [0.2, 0.25) is 0 Å². The van der Waals surface area contributed by atoms with E-state index in [4.69, 9.17) is 28.4 Å². The van der Waals surface area contributed by atoms with Gasteiger partial charge in [0.2, 0.25) is 10.0 Å². The summed E-state index contributed by atoms with van der Waals surface area (Å²) in [6, 6.07) is 0. The van der Waals surface area contributed by atoms with Crippen molar-refractivity contribution in [1.29, 1.82) is 0 Å². The Balaban J connectivity index is 1.54. The van der Waals surface area contributed by atoms with Gasteiger partial charge in [-0.2, -0.15) is 0 Å². The summed E-state index contributed by atoms with van der Waals surface area (Å²) in [4.78, 5) is 0. The van der Waals surface area contributed by atoms with Crippen LogP contribution in [0.3, 0.4) is 0 Å². The van der Waals surface area contributed by atoms with Gasteiger partial charge >= 0.3 is 0 Å². The molecule has 0 aromatic carbocycles. The molecule has 3 aliphatic rings. The summed E-state index contributed by atoms with van der Waals surface area (Å²) in [7, 11) is -3.17. The van der Waals surface area contributed by atoms with E-state index in [0.29, 0.717) is 26.2 Å². The molecule has 0 aliphatic carbocycles. The Morgan fingerprint density at radius 1 is 0.962 bits per heavy atom. The molecule has 26 heavy (non-hydrogen) atoms. The number of hydrogen-bond acceptors (Lipinski definition) is 8. The van der Waals surface area contributed by atoms with Crippen LogP contribution < -0.4 is 4.72 Å². The molecule has 1 N–H and O–H groups in total. The maximum Gasteiger partial charge on any atom is 0.208 e. The second-order valence-electron chi connectivity index (χ2n) is 7.80. The third-order valence-corrected chi connectivity index (χ3v) is 5.09. The molecule has 9 nitrogen and oxygen atoms in total. The van der Waals surface area contributed by atoms with E-state index in [-0.39, 0.29) is 24.4 Å². The third kappa shape index (κ3) is 4.93. The van der Waals surface area contributed by atoms with Crippen molar-refractivity contribution in [3.8, 4) is 0 Å². The van der Waals surface area contributed by atoms with Crippen molar-refractivity contribution < 1.29 is 36.8 Å². The summed E-state index contributed by atoms with van der Waals surface area (Å²) >= 11 is 0. The Kier molecular flexibility index (Phi) is 5.69. The normalized spacial score (nSPS) is 38.1. The van der Waals surface area contributed by atoms with Crippen LogP contribution in [0.5, 0.6) is 0 Å². The van der Waals surface area contributed by atoms with Crippen molar-refractivity contribution in [1.82, 2.24) is 4.72 Å². The first-order valence-electron chi connectivity index (χ1n) is 8.85. The van der Waals surface area contributed by atoms with Gasteiger partial charge in [-0.1, -0.05) is 0 Å². The maximum atomic E-state index is 11.0. The van der Waals surface area contributed by atoms with Crippen molar-refractivity contribution >= 4 is 10.0 Å². The number of hydrogen-bond donors (Lipinski definition) is 1. The molecule has 0 radical (unpaired) electrons. The molecule has 0 amide bonds. The molecule has 3 heterocycles. The lowest BCUT2D eigenvalue weighted by atomic mass is 9.99. The number of fused-ring (bicyclic) bond motifs is 3. The first kappa shape index (κ1) is 20.4. The monoisotopic (exact) mass is 395 g/mol. The lowest BCUT2D eigenvalue weighted by Gasteiger charge is -2.37. The van der Waals surface area contributed by atoms with E-state index >= 15 is 0 Å². The average molecular weight is 395 g/mol. The SMILES string of the molecule is CC1(C)O[C@H]2[C@@H](O1)[C@@H](COCCCNS(C)(=O)=O)O[C@@H]1OC(C)(C)O[C@@H]12. The summed E-state index contributed by atoms with van der Waals surface area (Å²) in [5, 5.41) is 0. The summed E-state index contributed by atoms with van der Waals surface area (Å²) in [6.07, 6.45) is -0.177. The molecule has 3 rings (SSSR count). The Morgan fingerprint density at radius 3 is 2.27 bits per heavy atom. The molecule has 3 fully saturated rings. The van der Waals surface area contributed by atoms with Gasteiger partial charge in [-0.05, 0) is 34.1 Å². The minimum absolute atomic E-state index is 0.298. The molecular weight excluding hydrogens is 366 g/mol. The van der Waals surface area contributed by atoms with E-state index < -0.39 is 27.9 Å². The molecular formula is C16H29NO8S. The Bertz CT molecular complexity index is 607. The van der Waals surface area contributed by atoms with Gasteiger partial charge in [0.15, 0.2) is 17.9 Å². The zero-order chi connectivity index (χ0) is 19.2. The topological polar surface area (TPSA) is 102 Å². The number of rotatable bonds is 7. The van der Waals surface area contributed by atoms with E-state index in [1.54, 1.807) is 0 Å². The Morgan fingerprint density at radius 2 is 1.58 bits per heavy atom. The molecule has 0 aromatic heterocycles. The predicted octanol–water partition coefficient (Wildman–Crippen LogP) is 0.339. The maximum absolute atomic E-state index is 11.0. The first-order valence-corrected chi connectivity index (χ1v) is 10.7. The van der Waals surface area contributed by atoms with Crippen LogP contribution in [0.15, 0.2) is 0 Å². The fourth-order valence-corrected chi connectivity index (χ4v) is 3.97. The van der Waals surface area contributed by atoms with E-state index in [9.17, 15) is 8.42 Å². The van der Waals surface area contributed by atoms with Gasteiger partial charge in [-0.25, -0.2) is 13.1 Å². The second-order valence-corrected chi connectivity index (χ2v) is 9.64. The number of nitrogens with one attached hydrogen (secondary N) is 1. The van der Waals surface area contributed by atoms with E-state index in [2.05, 4.69) is 4.72 Å². The van der Waals surface area contributed by atoms with Gasteiger partial charge in [0.1, 0.15) is 24.4 Å². The van der Waals surface area contributed by atoms with Crippen molar-refractivity contribution in [3.63, 3.8) is 0 Å². The minimum atomic E-state index is -3.17. The second kappa shape index (κ2) is 7.25. The fourth-order valence-electron chi connectivity index (χ4n) is 3.46. The standard InChI is InChI=1S/C16H29NO8S/c1-15(2)22-11-10(9-20-8-6-7-17-26(5,18)19)21-14-13(12(11)23-15)24-16(3,4)25-14/h10-14,17H,6-9H2,1-5H3/t10-,11+,12+,13-,14-/m1/s1. The molecule has 0 spiro atoms. The van der Waals surface area contributed by atoms with Crippen molar-refractivity contribution in [3.05, 3.63) is 0 Å². The van der Waals surface area contributed by atoms with Crippen molar-refractivity contribution in [2.75, 3.05) is 26.0 Å². The molecule has 0 unspecified atom stereocenters. The smallest absolute Gasteiger partial charge is 0.208 e. The van der Waals surface area contributed by atoms with E-state index in [1.807, 2.05) is 27.7 Å². The summed E-state index contributed by atoms with van der Waals surface area (Å²) in [6.45, 7) is 8.42.